The van der Waals surface area contributed by atoms with Crippen molar-refractivity contribution in [3.8, 4) is 0 Å². The summed E-state index contributed by atoms with van der Waals surface area (Å²) >= 11 is 0. The predicted molar refractivity (Wildman–Crippen MR) is 39.5 cm³/mol. The van der Waals surface area contributed by atoms with E-state index in [0.29, 0.717) is 0 Å². The first-order valence-corrected chi connectivity index (χ1v) is 3.53. The van der Waals surface area contributed by atoms with E-state index in [-0.39, 0.29) is 0 Å². The first-order chi connectivity index (χ1) is 4.83. The Morgan fingerprint density at radius 2 is 2.50 bits per heavy atom. The molecule has 0 saturated carbocycles. The molecule has 1 heterocycles. The van der Waals surface area contributed by atoms with Gasteiger partial charge in [-0.3, -0.25) is 0 Å². The Labute approximate surface area is 61.3 Å². The van der Waals surface area contributed by atoms with Crippen LogP contribution in [-0.2, 0) is 6.42 Å². The van der Waals surface area contributed by atoms with Crippen LogP contribution in [0.5, 0.6) is 0 Å². The summed E-state index contributed by atoms with van der Waals surface area (Å²) in [6.45, 7) is 5.60. The zero-order valence-corrected chi connectivity index (χ0v) is 6.26. The van der Waals surface area contributed by atoms with Gasteiger partial charge in [-0.2, -0.15) is 0 Å². The van der Waals surface area contributed by atoms with Crippen LogP contribution in [0.4, 0.5) is 0 Å². The van der Waals surface area contributed by atoms with Gasteiger partial charge >= 0.3 is 0 Å². The van der Waals surface area contributed by atoms with Gasteiger partial charge in [-0.05, 0) is 6.42 Å². The van der Waals surface area contributed by atoms with Crippen LogP contribution >= 0.6 is 0 Å². The molecule has 10 heavy (non-hydrogen) atoms. The first kappa shape index (κ1) is 7.32. The topological polar surface area (TPSA) is 26.0 Å². The smallest absolute Gasteiger partial charge is 0.191 e. The second-order valence-electron chi connectivity index (χ2n) is 2.30. The molecule has 55 valence electrons. The molecule has 0 fully saturated rings. The molecule has 1 aromatic heterocycles. The average Bonchev–Trinajstić information content (AvgIpc) is 2.31. The fourth-order valence-electron chi connectivity index (χ4n) is 0.820. The molecular weight excluding hydrogens is 126 g/mol. The van der Waals surface area contributed by atoms with Gasteiger partial charge in [0.2, 0.25) is 0 Å². The molecule has 0 aliphatic rings. The van der Waals surface area contributed by atoms with Crippen molar-refractivity contribution in [2.24, 2.45) is 0 Å². The number of aromatic nitrogens is 1. The maximum absolute atomic E-state index is 5.25. The lowest BCUT2D eigenvalue weighted by molar-refractivity contribution is 0.470. The molecule has 0 amide bonds. The molecule has 1 rings (SSSR count). The van der Waals surface area contributed by atoms with Gasteiger partial charge in [-0.25, -0.2) is 4.98 Å². The Hall–Kier alpha value is -0.790. The minimum atomic E-state index is 0.749. The van der Waals surface area contributed by atoms with Crippen LogP contribution in [-0.4, -0.2) is 4.98 Å². The van der Waals surface area contributed by atoms with Crippen LogP contribution in [0.25, 0.3) is 0 Å². The van der Waals surface area contributed by atoms with Crippen LogP contribution in [0.1, 0.15) is 24.5 Å². The highest BCUT2D eigenvalue weighted by molar-refractivity contribution is 4.92. The van der Waals surface area contributed by atoms with Gasteiger partial charge in [0.15, 0.2) is 5.89 Å². The van der Waals surface area contributed by atoms with Gasteiger partial charge in [-0.15, -0.1) is 0 Å². The Morgan fingerprint density at radius 3 is 3.00 bits per heavy atom. The van der Waals surface area contributed by atoms with E-state index >= 15 is 0 Å². The lowest BCUT2D eigenvalue weighted by atomic mass is 10.2. The molecule has 0 aliphatic carbocycles. The summed E-state index contributed by atoms with van der Waals surface area (Å²) in [5, 5.41) is 0. The number of hydrogen-bond acceptors (Lipinski definition) is 2. The second-order valence-corrected chi connectivity index (χ2v) is 2.30. The summed E-state index contributed by atoms with van der Waals surface area (Å²) < 4.78 is 5.25. The highest BCUT2D eigenvalue weighted by atomic mass is 16.3. The summed E-state index contributed by atoms with van der Waals surface area (Å²) in [7, 11) is 0. The average molecular weight is 138 g/mol. The Kier molecular flexibility index (Phi) is 2.49. The molecule has 2 heteroatoms. The van der Waals surface area contributed by atoms with Crippen molar-refractivity contribution in [3.05, 3.63) is 24.8 Å². The van der Waals surface area contributed by atoms with E-state index in [9.17, 15) is 0 Å². The van der Waals surface area contributed by atoms with Gasteiger partial charge in [0.25, 0.3) is 0 Å². The summed E-state index contributed by atoms with van der Waals surface area (Å²) in [4.78, 5) is 3.98. The van der Waals surface area contributed by atoms with E-state index in [1.54, 1.807) is 6.20 Å². The Balaban J connectivity index is 2.42. The molecule has 0 unspecified atom stereocenters. The third kappa shape index (κ3) is 1.87. The molecule has 0 bridgehead atoms. The fourth-order valence-corrected chi connectivity index (χ4v) is 0.820. The third-order valence-corrected chi connectivity index (χ3v) is 1.34. The zero-order valence-electron chi connectivity index (χ0n) is 6.26. The first-order valence-electron chi connectivity index (χ1n) is 3.53. The van der Waals surface area contributed by atoms with Crippen molar-refractivity contribution < 1.29 is 4.42 Å². The van der Waals surface area contributed by atoms with Gasteiger partial charge < -0.3 is 4.42 Å². The van der Waals surface area contributed by atoms with Crippen LogP contribution in [0, 0.1) is 13.8 Å². The maximum Gasteiger partial charge on any atom is 0.191 e. The molecule has 0 N–H and O–H groups in total. The summed E-state index contributed by atoms with van der Waals surface area (Å²) in [5.74, 6) is 1.72. The highest BCUT2D eigenvalue weighted by Crippen LogP contribution is 2.05. The van der Waals surface area contributed by atoms with E-state index in [1.807, 2.05) is 6.92 Å². The summed E-state index contributed by atoms with van der Waals surface area (Å²) in [6, 6.07) is 0. The number of hydrogen-bond donors (Lipinski definition) is 0. The van der Waals surface area contributed by atoms with Crippen molar-refractivity contribution in [1.82, 2.24) is 4.98 Å². The molecule has 0 spiro atoms. The van der Waals surface area contributed by atoms with Crippen LogP contribution < -0.4 is 0 Å². The maximum atomic E-state index is 5.25. The van der Waals surface area contributed by atoms with Crippen molar-refractivity contribution >= 4 is 0 Å². The molecule has 0 saturated heterocycles. The van der Waals surface area contributed by atoms with Gasteiger partial charge in [-0.1, -0.05) is 13.3 Å². The Morgan fingerprint density at radius 1 is 1.70 bits per heavy atom. The normalized spacial score (nSPS) is 10.2. The minimum absolute atomic E-state index is 0.749. The van der Waals surface area contributed by atoms with E-state index in [2.05, 4.69) is 11.9 Å². The van der Waals surface area contributed by atoms with Crippen molar-refractivity contribution in [2.75, 3.05) is 0 Å². The monoisotopic (exact) mass is 138 g/mol. The number of aryl methyl sites for hydroxylation is 2. The van der Waals surface area contributed by atoms with Gasteiger partial charge in [0, 0.05) is 13.3 Å². The zero-order chi connectivity index (χ0) is 7.40. The van der Waals surface area contributed by atoms with Crippen LogP contribution in [0.3, 0.4) is 0 Å². The lowest BCUT2D eigenvalue weighted by Gasteiger charge is -1.89. The van der Waals surface area contributed by atoms with Crippen LogP contribution in [0.2, 0.25) is 0 Å². The van der Waals surface area contributed by atoms with E-state index in [1.165, 1.54) is 0 Å². The molecule has 0 aliphatic heterocycles. The van der Waals surface area contributed by atoms with Crippen molar-refractivity contribution in [3.63, 3.8) is 0 Å². The SMILES string of the molecule is [CH2]CCCc1cnc(C)o1. The van der Waals surface area contributed by atoms with Crippen molar-refractivity contribution in [1.29, 1.82) is 0 Å². The fraction of sp³-hybridized carbons (Fsp3) is 0.500. The quantitative estimate of drug-likeness (QED) is 0.639. The minimum Gasteiger partial charge on any atom is -0.446 e. The molecular formula is C8H12NO. The van der Waals surface area contributed by atoms with E-state index < -0.39 is 0 Å². The molecule has 1 radical (unpaired) electrons. The van der Waals surface area contributed by atoms with Gasteiger partial charge in [0.1, 0.15) is 5.76 Å². The summed E-state index contributed by atoms with van der Waals surface area (Å²) in [5.41, 5.74) is 0. The Bertz CT molecular complexity index is 193. The lowest BCUT2D eigenvalue weighted by Crippen LogP contribution is -1.78. The molecule has 1 aromatic rings. The number of oxazole rings is 1. The molecule has 2 nitrogen and oxygen atoms in total. The number of unbranched alkanes of at least 4 members (excludes halogenated alkanes) is 1. The van der Waals surface area contributed by atoms with Gasteiger partial charge in [0.05, 0.1) is 6.20 Å². The molecule has 0 atom stereocenters. The predicted octanol–water partition coefficient (Wildman–Crippen LogP) is 2.14. The number of rotatable bonds is 3. The summed E-state index contributed by atoms with van der Waals surface area (Å²) in [6.07, 6.45) is 4.78. The van der Waals surface area contributed by atoms with E-state index in [0.717, 1.165) is 30.9 Å². The highest BCUT2D eigenvalue weighted by Gasteiger charge is 1.96. The standard InChI is InChI=1S/C8H12NO/c1-3-4-5-8-6-9-7(2)10-8/h6H,1,3-5H2,2H3. The van der Waals surface area contributed by atoms with Crippen molar-refractivity contribution in [2.45, 2.75) is 26.2 Å². The second kappa shape index (κ2) is 3.40. The van der Waals surface area contributed by atoms with Crippen LogP contribution in [0.15, 0.2) is 10.6 Å². The largest absolute Gasteiger partial charge is 0.446 e. The number of nitrogens with zero attached hydrogens (tertiary/aromatic N) is 1. The van der Waals surface area contributed by atoms with E-state index in [4.69, 9.17) is 4.42 Å². The third-order valence-electron chi connectivity index (χ3n) is 1.34. The molecule has 0 aromatic carbocycles.